The zero-order valence-electron chi connectivity index (χ0n) is 9.56. The van der Waals surface area contributed by atoms with Gasteiger partial charge in [0.2, 0.25) is 0 Å². The molecule has 4 heteroatoms. The van der Waals surface area contributed by atoms with E-state index in [9.17, 15) is 0 Å². The molecule has 16 heavy (non-hydrogen) atoms. The quantitative estimate of drug-likeness (QED) is 0.785. The van der Waals surface area contributed by atoms with Crippen molar-refractivity contribution in [2.75, 3.05) is 20.8 Å². The minimum absolute atomic E-state index is 0.286. The van der Waals surface area contributed by atoms with E-state index in [0.717, 1.165) is 11.3 Å². The first-order valence-electron chi connectivity index (χ1n) is 5.07. The zero-order chi connectivity index (χ0) is 11.8. The minimum Gasteiger partial charge on any atom is -0.491 e. The van der Waals surface area contributed by atoms with Gasteiger partial charge < -0.3 is 14.8 Å². The van der Waals surface area contributed by atoms with Gasteiger partial charge in [0.15, 0.2) is 0 Å². The molecular weight excluding hydrogens is 204 g/mol. The monoisotopic (exact) mass is 220 g/mol. The summed E-state index contributed by atoms with van der Waals surface area (Å²) in [5, 5.41) is 11.6. The standard InChI is InChI=1S/C12H16N2O2/c1-14-11(7-13)9-16-12-5-3-4-10(6-12)8-15-2/h3-6,11,14H,8-9H2,1-2H3. The lowest BCUT2D eigenvalue weighted by atomic mass is 10.2. The number of rotatable bonds is 6. The van der Waals surface area contributed by atoms with Crippen LogP contribution in [0.25, 0.3) is 0 Å². The Kier molecular flexibility index (Phi) is 5.34. The maximum Gasteiger partial charge on any atom is 0.129 e. The lowest BCUT2D eigenvalue weighted by molar-refractivity contribution is 0.184. The maximum atomic E-state index is 8.73. The number of ether oxygens (including phenoxy) is 2. The molecular formula is C12H16N2O2. The summed E-state index contributed by atoms with van der Waals surface area (Å²) in [6, 6.07) is 9.47. The molecule has 1 atom stereocenters. The summed E-state index contributed by atoms with van der Waals surface area (Å²) < 4.78 is 10.5. The van der Waals surface area contributed by atoms with E-state index in [4.69, 9.17) is 14.7 Å². The van der Waals surface area contributed by atoms with Gasteiger partial charge in [0.1, 0.15) is 18.4 Å². The number of methoxy groups -OCH3 is 1. The smallest absolute Gasteiger partial charge is 0.129 e. The molecule has 4 nitrogen and oxygen atoms in total. The van der Waals surface area contributed by atoms with Crippen LogP contribution in [0.2, 0.25) is 0 Å². The summed E-state index contributed by atoms with van der Waals surface area (Å²) in [4.78, 5) is 0. The first kappa shape index (κ1) is 12.5. The number of nitrogens with zero attached hydrogens (tertiary/aromatic N) is 1. The number of benzene rings is 1. The fraction of sp³-hybridized carbons (Fsp3) is 0.417. The van der Waals surface area contributed by atoms with Gasteiger partial charge in [0, 0.05) is 7.11 Å². The average molecular weight is 220 g/mol. The topological polar surface area (TPSA) is 54.3 Å². The second-order valence-corrected chi connectivity index (χ2v) is 3.36. The molecule has 0 spiro atoms. The van der Waals surface area contributed by atoms with Crippen LogP contribution in [0.4, 0.5) is 0 Å². The highest BCUT2D eigenvalue weighted by Gasteiger charge is 2.04. The van der Waals surface area contributed by atoms with Gasteiger partial charge >= 0.3 is 0 Å². The molecule has 1 rings (SSSR count). The molecule has 0 aliphatic rings. The molecule has 0 heterocycles. The van der Waals surface area contributed by atoms with E-state index in [0.29, 0.717) is 13.2 Å². The Balaban J connectivity index is 2.54. The second kappa shape index (κ2) is 6.83. The van der Waals surface area contributed by atoms with Crippen molar-refractivity contribution in [3.8, 4) is 11.8 Å². The molecule has 0 bridgehead atoms. The molecule has 0 aliphatic carbocycles. The summed E-state index contributed by atoms with van der Waals surface area (Å²) in [5.41, 5.74) is 1.05. The Morgan fingerprint density at radius 1 is 1.50 bits per heavy atom. The first-order chi connectivity index (χ1) is 7.80. The largest absolute Gasteiger partial charge is 0.491 e. The molecule has 0 fully saturated rings. The van der Waals surface area contributed by atoms with Gasteiger partial charge in [-0.15, -0.1) is 0 Å². The van der Waals surface area contributed by atoms with E-state index in [1.165, 1.54) is 0 Å². The summed E-state index contributed by atoms with van der Waals surface area (Å²) >= 11 is 0. The highest BCUT2D eigenvalue weighted by Crippen LogP contribution is 2.14. The van der Waals surface area contributed by atoms with Crippen molar-refractivity contribution in [1.82, 2.24) is 5.32 Å². The third-order valence-corrected chi connectivity index (χ3v) is 2.13. The van der Waals surface area contributed by atoms with Gasteiger partial charge in [0.25, 0.3) is 0 Å². The third-order valence-electron chi connectivity index (χ3n) is 2.13. The van der Waals surface area contributed by atoms with Crippen LogP contribution in [0, 0.1) is 11.3 Å². The van der Waals surface area contributed by atoms with Crippen molar-refractivity contribution in [1.29, 1.82) is 5.26 Å². The molecule has 0 aliphatic heterocycles. The van der Waals surface area contributed by atoms with Crippen LogP contribution >= 0.6 is 0 Å². The normalized spacial score (nSPS) is 11.8. The predicted molar refractivity (Wildman–Crippen MR) is 61.1 cm³/mol. The van der Waals surface area contributed by atoms with E-state index in [1.807, 2.05) is 24.3 Å². The molecule has 0 aromatic heterocycles. The Bertz CT molecular complexity index is 360. The second-order valence-electron chi connectivity index (χ2n) is 3.36. The number of hydrogen-bond acceptors (Lipinski definition) is 4. The molecule has 86 valence electrons. The SMILES string of the molecule is CNC(C#N)COc1cccc(COC)c1. The van der Waals surface area contributed by atoms with Crippen molar-refractivity contribution in [2.45, 2.75) is 12.6 Å². The van der Waals surface area contributed by atoms with Crippen molar-refractivity contribution in [3.63, 3.8) is 0 Å². The molecule has 1 unspecified atom stereocenters. The highest BCUT2D eigenvalue weighted by atomic mass is 16.5. The van der Waals surface area contributed by atoms with E-state index in [1.54, 1.807) is 14.2 Å². The Morgan fingerprint density at radius 2 is 2.31 bits per heavy atom. The number of hydrogen-bond donors (Lipinski definition) is 1. The Labute approximate surface area is 95.8 Å². The highest BCUT2D eigenvalue weighted by molar-refractivity contribution is 5.28. The van der Waals surface area contributed by atoms with Gasteiger partial charge in [-0.25, -0.2) is 0 Å². The van der Waals surface area contributed by atoms with Crippen molar-refractivity contribution >= 4 is 0 Å². The van der Waals surface area contributed by atoms with Crippen molar-refractivity contribution in [3.05, 3.63) is 29.8 Å². The lowest BCUT2D eigenvalue weighted by Gasteiger charge is -2.10. The molecule has 0 amide bonds. The summed E-state index contributed by atoms with van der Waals surface area (Å²) in [6.07, 6.45) is 0. The third kappa shape index (κ3) is 3.89. The Morgan fingerprint density at radius 3 is 2.94 bits per heavy atom. The molecule has 1 aromatic carbocycles. The molecule has 1 aromatic rings. The van der Waals surface area contributed by atoms with Gasteiger partial charge in [-0.05, 0) is 24.7 Å². The van der Waals surface area contributed by atoms with Crippen LogP contribution < -0.4 is 10.1 Å². The molecule has 1 N–H and O–H groups in total. The fourth-order valence-corrected chi connectivity index (χ4v) is 1.26. The van der Waals surface area contributed by atoms with Crippen LogP contribution in [0.15, 0.2) is 24.3 Å². The molecule has 0 saturated carbocycles. The fourth-order valence-electron chi connectivity index (χ4n) is 1.26. The van der Waals surface area contributed by atoms with E-state index >= 15 is 0 Å². The minimum atomic E-state index is -0.286. The van der Waals surface area contributed by atoms with Crippen LogP contribution in [-0.2, 0) is 11.3 Å². The van der Waals surface area contributed by atoms with Gasteiger partial charge in [-0.1, -0.05) is 12.1 Å². The number of likely N-dealkylation sites (N-methyl/N-ethyl adjacent to an activating group) is 1. The Hall–Kier alpha value is -1.57. The van der Waals surface area contributed by atoms with Crippen LogP contribution in [0.1, 0.15) is 5.56 Å². The van der Waals surface area contributed by atoms with Gasteiger partial charge in [-0.2, -0.15) is 5.26 Å². The lowest BCUT2D eigenvalue weighted by Crippen LogP contribution is -2.29. The van der Waals surface area contributed by atoms with Crippen LogP contribution in [0.3, 0.4) is 0 Å². The average Bonchev–Trinajstić information content (AvgIpc) is 2.31. The maximum absolute atomic E-state index is 8.73. The van der Waals surface area contributed by atoms with E-state index < -0.39 is 0 Å². The van der Waals surface area contributed by atoms with E-state index in [2.05, 4.69) is 11.4 Å². The summed E-state index contributed by atoms with van der Waals surface area (Å²) in [6.45, 7) is 0.897. The summed E-state index contributed by atoms with van der Waals surface area (Å²) in [7, 11) is 3.39. The molecule has 0 saturated heterocycles. The van der Waals surface area contributed by atoms with Crippen LogP contribution in [-0.4, -0.2) is 26.8 Å². The zero-order valence-corrected chi connectivity index (χ0v) is 9.56. The van der Waals surface area contributed by atoms with Gasteiger partial charge in [-0.3, -0.25) is 0 Å². The van der Waals surface area contributed by atoms with Gasteiger partial charge in [0.05, 0.1) is 12.7 Å². The summed E-state index contributed by atoms with van der Waals surface area (Å²) in [5.74, 6) is 0.755. The number of nitrogens with one attached hydrogen (secondary N) is 1. The first-order valence-corrected chi connectivity index (χ1v) is 5.07. The van der Waals surface area contributed by atoms with Crippen molar-refractivity contribution < 1.29 is 9.47 Å². The molecule has 0 radical (unpaired) electrons. The van der Waals surface area contributed by atoms with Crippen LogP contribution in [0.5, 0.6) is 5.75 Å². The predicted octanol–water partition coefficient (Wildman–Crippen LogP) is 1.32. The number of nitriles is 1. The van der Waals surface area contributed by atoms with Crippen molar-refractivity contribution in [2.24, 2.45) is 0 Å². The van der Waals surface area contributed by atoms with E-state index in [-0.39, 0.29) is 6.04 Å².